The fraction of sp³-hybridized carbons (Fsp3) is 0.571. The lowest BCUT2D eigenvalue weighted by atomic mass is 9.83. The van der Waals surface area contributed by atoms with E-state index in [9.17, 15) is 87.8 Å². The highest BCUT2D eigenvalue weighted by Crippen LogP contribution is 2.67. The maximum Gasteiger partial charge on any atom is 0.385 e. The van der Waals surface area contributed by atoms with Gasteiger partial charge in [-0.2, -0.15) is 87.8 Å². The highest BCUT2D eigenvalue weighted by Gasteiger charge is 2.97. The van der Waals surface area contributed by atoms with Crippen molar-refractivity contribution in [2.75, 3.05) is 11.5 Å². The first-order chi connectivity index (χ1) is 22.0. The molecule has 0 unspecified atom stereocenters. The summed E-state index contributed by atoms with van der Waals surface area (Å²) in [5.74, 6) is -83.0. The number of hydrogen-bond acceptors (Lipinski definition) is 2. The second-order valence-corrected chi connectivity index (χ2v) is 11.2. The number of nitrogens with two attached hydrogens (primary N) is 2. The van der Waals surface area contributed by atoms with Gasteiger partial charge in [0, 0.05) is 22.5 Å². The quantitative estimate of drug-likeness (QED) is 0.158. The van der Waals surface area contributed by atoms with Crippen LogP contribution in [0.1, 0.15) is 47.2 Å². The van der Waals surface area contributed by atoms with E-state index in [1.165, 1.54) is 0 Å². The molecule has 0 saturated carbocycles. The van der Waals surface area contributed by atoms with E-state index in [4.69, 9.17) is 11.5 Å². The third-order valence-electron chi connectivity index (χ3n) is 7.98. The zero-order chi connectivity index (χ0) is 39.9. The SMILES string of the molecule is CCc1cc(C(F)(F)C(F)(F)C(F)(F)C(F)(F)C(F)(F)C(F)(F)C(F)(F)C(F)(F)C(F)(F)C(F)(F)c2cc(C)c(N)c(CC)c2)cc(C)c1N. The Balaban J connectivity index is 2.78. The minimum atomic E-state index is -9.11. The molecule has 0 aliphatic carbocycles. The minimum Gasteiger partial charge on any atom is -0.398 e. The van der Waals surface area contributed by atoms with E-state index >= 15 is 0 Å². The summed E-state index contributed by atoms with van der Waals surface area (Å²) in [5, 5.41) is 0. The Kier molecular flexibility index (Phi) is 10.4. The molecular weight excluding hydrogens is 744 g/mol. The van der Waals surface area contributed by atoms with Gasteiger partial charge in [-0.3, -0.25) is 0 Å². The van der Waals surface area contributed by atoms with Gasteiger partial charge < -0.3 is 11.5 Å². The van der Waals surface area contributed by atoms with Gasteiger partial charge in [0.2, 0.25) is 0 Å². The Morgan fingerprint density at radius 1 is 0.380 bits per heavy atom. The van der Waals surface area contributed by atoms with Crippen molar-refractivity contribution in [3.63, 3.8) is 0 Å². The fourth-order valence-corrected chi connectivity index (χ4v) is 4.63. The predicted octanol–water partition coefficient (Wildman–Crippen LogP) is 10.6. The first-order valence-electron chi connectivity index (χ1n) is 13.5. The number of aryl methyl sites for hydroxylation is 4. The largest absolute Gasteiger partial charge is 0.398 e. The van der Waals surface area contributed by atoms with E-state index in [1.807, 2.05) is 0 Å². The van der Waals surface area contributed by atoms with Crippen molar-refractivity contribution in [2.24, 2.45) is 0 Å². The van der Waals surface area contributed by atoms with E-state index < -0.39 is 117 Å². The zero-order valence-corrected chi connectivity index (χ0v) is 25.4. The molecule has 0 spiro atoms. The molecule has 0 aliphatic rings. The molecule has 22 heteroatoms. The van der Waals surface area contributed by atoms with Crippen LogP contribution < -0.4 is 11.5 Å². The Hall–Kier alpha value is -3.36. The van der Waals surface area contributed by atoms with Crippen LogP contribution in [0.15, 0.2) is 24.3 Å². The lowest BCUT2D eigenvalue weighted by molar-refractivity contribution is -0.470. The molecule has 0 bridgehead atoms. The molecular formula is C28H24F20N2. The molecule has 0 heterocycles. The van der Waals surface area contributed by atoms with E-state index in [0.29, 0.717) is 0 Å². The molecule has 286 valence electrons. The summed E-state index contributed by atoms with van der Waals surface area (Å²) in [6.45, 7) is 3.75. The molecule has 0 atom stereocenters. The van der Waals surface area contributed by atoms with Crippen molar-refractivity contribution >= 4 is 11.4 Å². The highest BCUT2D eigenvalue weighted by molar-refractivity contribution is 5.57. The summed E-state index contributed by atoms with van der Waals surface area (Å²) in [7, 11) is 0. The van der Waals surface area contributed by atoms with Gasteiger partial charge in [0.15, 0.2) is 0 Å². The number of alkyl halides is 20. The van der Waals surface area contributed by atoms with Crippen LogP contribution in [0.3, 0.4) is 0 Å². The molecule has 0 saturated heterocycles. The van der Waals surface area contributed by atoms with Gasteiger partial charge in [-0.1, -0.05) is 13.8 Å². The molecule has 2 aromatic carbocycles. The molecule has 0 amide bonds. The average molecular weight is 768 g/mol. The molecule has 2 nitrogen and oxygen atoms in total. The van der Waals surface area contributed by atoms with E-state index in [2.05, 4.69) is 0 Å². The van der Waals surface area contributed by atoms with Gasteiger partial charge in [-0.05, 0) is 73.2 Å². The summed E-state index contributed by atoms with van der Waals surface area (Å²) in [5.41, 5.74) is 2.79. The molecule has 0 fully saturated rings. The number of rotatable bonds is 13. The second-order valence-electron chi connectivity index (χ2n) is 11.2. The second kappa shape index (κ2) is 12.1. The van der Waals surface area contributed by atoms with Gasteiger partial charge >= 0.3 is 59.2 Å². The van der Waals surface area contributed by atoms with Crippen molar-refractivity contribution in [1.82, 2.24) is 0 Å². The van der Waals surface area contributed by atoms with Crippen molar-refractivity contribution in [3.8, 4) is 0 Å². The Morgan fingerprint density at radius 2 is 0.580 bits per heavy atom. The van der Waals surface area contributed by atoms with Crippen LogP contribution in [0.4, 0.5) is 99.2 Å². The molecule has 4 N–H and O–H groups in total. The number of anilines is 2. The minimum absolute atomic E-state index is 0.125. The molecule has 0 aliphatic heterocycles. The van der Waals surface area contributed by atoms with Crippen LogP contribution in [-0.2, 0) is 24.7 Å². The van der Waals surface area contributed by atoms with Gasteiger partial charge in [0.25, 0.3) is 0 Å². The van der Waals surface area contributed by atoms with Crippen LogP contribution in [0.25, 0.3) is 0 Å². The summed E-state index contributed by atoms with van der Waals surface area (Å²) in [6.07, 6.45) is -0.909. The standard InChI is InChI=1S/C28H24F20N2/c1-5-13-9-15(7-11(3)17(13)49)19(29,30)21(33,34)23(37,38)25(41,42)27(45,46)28(47,48)26(43,44)24(39,40)22(35,36)20(31,32)16-8-12(4)18(50)14(6-2)10-16/h7-10H,5-6,49-50H2,1-4H3. The maximum atomic E-state index is 14.8. The molecule has 0 aromatic heterocycles. The van der Waals surface area contributed by atoms with E-state index in [1.54, 1.807) is 0 Å². The van der Waals surface area contributed by atoms with Gasteiger partial charge in [0.05, 0.1) is 0 Å². The molecule has 50 heavy (non-hydrogen) atoms. The van der Waals surface area contributed by atoms with Gasteiger partial charge in [-0.15, -0.1) is 0 Å². The first kappa shape index (κ1) is 42.8. The van der Waals surface area contributed by atoms with Crippen molar-refractivity contribution in [3.05, 3.63) is 57.6 Å². The van der Waals surface area contributed by atoms with Gasteiger partial charge in [0.1, 0.15) is 0 Å². The summed E-state index contributed by atoms with van der Waals surface area (Å²) in [6, 6.07) is -0.570. The van der Waals surface area contributed by atoms with Crippen LogP contribution in [0, 0.1) is 13.8 Å². The number of hydrogen-bond donors (Lipinski definition) is 2. The summed E-state index contributed by atoms with van der Waals surface area (Å²) >= 11 is 0. The van der Waals surface area contributed by atoms with Crippen LogP contribution in [-0.4, -0.2) is 47.4 Å². The smallest absolute Gasteiger partial charge is 0.385 e. The Morgan fingerprint density at radius 3 is 0.780 bits per heavy atom. The average Bonchev–Trinajstić information content (AvgIpc) is 2.98. The Bertz CT molecular complexity index is 1480. The lowest BCUT2D eigenvalue weighted by Gasteiger charge is -2.45. The van der Waals surface area contributed by atoms with E-state index in [-0.39, 0.29) is 24.3 Å². The maximum absolute atomic E-state index is 14.8. The van der Waals surface area contributed by atoms with Crippen molar-refractivity contribution in [1.29, 1.82) is 0 Å². The third-order valence-corrected chi connectivity index (χ3v) is 7.98. The third kappa shape index (κ3) is 5.39. The number of benzene rings is 2. The normalized spacial score (nSPS) is 15.1. The monoisotopic (exact) mass is 768 g/mol. The van der Waals surface area contributed by atoms with E-state index in [0.717, 1.165) is 27.7 Å². The number of nitrogen functional groups attached to an aromatic ring is 2. The zero-order valence-electron chi connectivity index (χ0n) is 25.4. The van der Waals surface area contributed by atoms with Crippen LogP contribution >= 0.6 is 0 Å². The number of halogens is 20. The lowest BCUT2D eigenvalue weighted by Crippen LogP contribution is -2.76. The molecule has 0 radical (unpaired) electrons. The first-order valence-corrected chi connectivity index (χ1v) is 13.5. The summed E-state index contributed by atoms with van der Waals surface area (Å²) in [4.78, 5) is 0. The van der Waals surface area contributed by atoms with Crippen molar-refractivity contribution in [2.45, 2.75) is 99.8 Å². The predicted molar refractivity (Wildman–Crippen MR) is 137 cm³/mol. The Labute approximate surface area is 268 Å². The van der Waals surface area contributed by atoms with Gasteiger partial charge in [-0.25, -0.2) is 0 Å². The summed E-state index contributed by atoms with van der Waals surface area (Å²) < 4.78 is 291. The molecule has 2 aromatic rings. The van der Waals surface area contributed by atoms with Crippen LogP contribution in [0.2, 0.25) is 0 Å². The highest BCUT2D eigenvalue weighted by atomic mass is 19.4. The van der Waals surface area contributed by atoms with Crippen molar-refractivity contribution < 1.29 is 87.8 Å². The topological polar surface area (TPSA) is 52.0 Å². The van der Waals surface area contributed by atoms with Crippen LogP contribution in [0.5, 0.6) is 0 Å². The fourth-order valence-electron chi connectivity index (χ4n) is 4.63. The molecule has 2 rings (SSSR count).